The van der Waals surface area contributed by atoms with Crippen LogP contribution in [0, 0.1) is 0 Å². The molecule has 0 fully saturated rings. The molecule has 0 aliphatic heterocycles. The van der Waals surface area contributed by atoms with Crippen molar-refractivity contribution in [1.82, 2.24) is 4.98 Å². The molecule has 0 spiro atoms. The molecule has 8 rings (SSSR count). The molecule has 178 valence electrons. The summed E-state index contributed by atoms with van der Waals surface area (Å²) < 4.78 is 0. The number of aromatic amines is 1. The second kappa shape index (κ2) is 8.22. The van der Waals surface area contributed by atoms with Gasteiger partial charge in [-0.3, -0.25) is 0 Å². The Balaban J connectivity index is 1.58. The van der Waals surface area contributed by atoms with E-state index in [4.69, 9.17) is 0 Å². The first-order valence-corrected chi connectivity index (χ1v) is 13.1. The molecule has 0 saturated carbocycles. The highest BCUT2D eigenvalue weighted by molar-refractivity contribution is 6.34. The van der Waals surface area contributed by atoms with Gasteiger partial charge in [0, 0.05) is 38.3 Å². The Hall–Kier alpha value is -5.08. The van der Waals surface area contributed by atoms with E-state index < -0.39 is 0 Å². The normalized spacial score (nSPS) is 11.7. The van der Waals surface area contributed by atoms with Gasteiger partial charge < -0.3 is 9.88 Å². The van der Waals surface area contributed by atoms with Crippen molar-refractivity contribution in [2.24, 2.45) is 0 Å². The number of nitrogens with one attached hydrogen (secondary N) is 1. The molecule has 0 amide bonds. The van der Waals surface area contributed by atoms with Crippen LogP contribution in [0.3, 0.4) is 0 Å². The number of para-hydroxylation sites is 2. The summed E-state index contributed by atoms with van der Waals surface area (Å²) in [5.74, 6) is 0. The molecule has 0 unspecified atom stereocenters. The molecule has 38 heavy (non-hydrogen) atoms. The van der Waals surface area contributed by atoms with Crippen molar-refractivity contribution >= 4 is 71.2 Å². The van der Waals surface area contributed by atoms with E-state index >= 15 is 0 Å². The molecule has 1 N–H and O–H groups in total. The molecule has 2 nitrogen and oxygen atoms in total. The summed E-state index contributed by atoms with van der Waals surface area (Å²) in [5.41, 5.74) is 5.82. The maximum Gasteiger partial charge on any atom is 0.0551 e. The van der Waals surface area contributed by atoms with E-state index in [1.165, 1.54) is 59.8 Å². The molecule has 7 aromatic carbocycles. The SMILES string of the molecule is c1ccc(N(c2ccccc2)c2cc3c([nH]c4c5ccccc5c5ccccc5c34)c3ccccc23)cc1. The first-order chi connectivity index (χ1) is 18.9. The number of nitrogens with zero attached hydrogens (tertiary/aromatic N) is 1. The summed E-state index contributed by atoms with van der Waals surface area (Å²) in [4.78, 5) is 6.26. The lowest BCUT2D eigenvalue weighted by Crippen LogP contribution is -2.10. The molecule has 0 atom stereocenters. The fraction of sp³-hybridized carbons (Fsp3) is 0. The third-order valence-corrected chi connectivity index (χ3v) is 7.74. The Kier molecular flexibility index (Phi) is 4.55. The summed E-state index contributed by atoms with van der Waals surface area (Å²) in [6.07, 6.45) is 0. The van der Waals surface area contributed by atoms with Crippen molar-refractivity contribution in [2.75, 3.05) is 4.90 Å². The smallest absolute Gasteiger partial charge is 0.0551 e. The molecular weight excluding hydrogens is 460 g/mol. The van der Waals surface area contributed by atoms with Gasteiger partial charge in [-0.05, 0) is 46.5 Å². The number of anilines is 3. The maximum atomic E-state index is 3.88. The predicted octanol–water partition coefficient (Wildman–Crippen LogP) is 10.3. The highest BCUT2D eigenvalue weighted by Gasteiger charge is 2.20. The van der Waals surface area contributed by atoms with E-state index in [-0.39, 0.29) is 0 Å². The Morgan fingerprint density at radius 1 is 0.368 bits per heavy atom. The van der Waals surface area contributed by atoms with E-state index in [1.807, 2.05) is 0 Å². The van der Waals surface area contributed by atoms with Gasteiger partial charge in [0.05, 0.1) is 16.7 Å². The minimum absolute atomic E-state index is 1.14. The van der Waals surface area contributed by atoms with Crippen molar-refractivity contribution in [3.8, 4) is 0 Å². The van der Waals surface area contributed by atoms with Crippen molar-refractivity contribution in [3.63, 3.8) is 0 Å². The van der Waals surface area contributed by atoms with E-state index in [9.17, 15) is 0 Å². The Morgan fingerprint density at radius 2 is 0.816 bits per heavy atom. The summed E-state index contributed by atoms with van der Waals surface area (Å²) >= 11 is 0. The van der Waals surface area contributed by atoms with Crippen LogP contribution in [0.4, 0.5) is 17.1 Å². The maximum absolute atomic E-state index is 3.88. The van der Waals surface area contributed by atoms with Crippen LogP contribution in [0.25, 0.3) is 54.1 Å². The van der Waals surface area contributed by atoms with Gasteiger partial charge in [0.2, 0.25) is 0 Å². The quantitative estimate of drug-likeness (QED) is 0.247. The predicted molar refractivity (Wildman–Crippen MR) is 163 cm³/mol. The highest BCUT2D eigenvalue weighted by atomic mass is 15.1. The average molecular weight is 485 g/mol. The molecule has 1 heterocycles. The monoisotopic (exact) mass is 484 g/mol. The zero-order valence-electron chi connectivity index (χ0n) is 20.7. The number of rotatable bonds is 3. The van der Waals surface area contributed by atoms with Crippen LogP contribution in [0.2, 0.25) is 0 Å². The van der Waals surface area contributed by atoms with E-state index in [0.29, 0.717) is 0 Å². The zero-order chi connectivity index (χ0) is 25.1. The molecule has 1 aromatic heterocycles. The zero-order valence-corrected chi connectivity index (χ0v) is 20.7. The Labute approximate surface area is 220 Å². The van der Waals surface area contributed by atoms with Crippen molar-refractivity contribution < 1.29 is 0 Å². The summed E-state index contributed by atoms with van der Waals surface area (Å²) in [6.45, 7) is 0. The Morgan fingerprint density at radius 3 is 1.42 bits per heavy atom. The average Bonchev–Trinajstić information content (AvgIpc) is 3.39. The standard InChI is InChI=1S/C36H24N2/c1-3-13-24(14-4-1)38(25-15-5-2-6-16-25)33-23-32-34-29-20-10-7-17-26(29)27-18-8-11-21-30(27)36(34)37-35(32)31-22-12-9-19-28(31)33/h1-23,37H. The highest BCUT2D eigenvalue weighted by Crippen LogP contribution is 2.46. The summed E-state index contributed by atoms with van der Waals surface area (Å²) in [7, 11) is 0. The largest absolute Gasteiger partial charge is 0.353 e. The van der Waals surface area contributed by atoms with Crippen LogP contribution in [-0.4, -0.2) is 4.98 Å². The van der Waals surface area contributed by atoms with Crippen molar-refractivity contribution in [3.05, 3.63) is 140 Å². The van der Waals surface area contributed by atoms with Crippen LogP contribution >= 0.6 is 0 Å². The number of aromatic nitrogens is 1. The molecule has 0 aliphatic rings. The van der Waals surface area contributed by atoms with Crippen molar-refractivity contribution in [2.45, 2.75) is 0 Å². The molecule has 0 bridgehead atoms. The third-order valence-electron chi connectivity index (χ3n) is 7.74. The summed E-state index contributed by atoms with van der Waals surface area (Å²) in [5, 5.41) is 10.1. The van der Waals surface area contributed by atoms with Gasteiger partial charge in [-0.2, -0.15) is 0 Å². The topological polar surface area (TPSA) is 19.0 Å². The van der Waals surface area contributed by atoms with Crippen LogP contribution in [0.5, 0.6) is 0 Å². The van der Waals surface area contributed by atoms with E-state index in [0.717, 1.165) is 11.4 Å². The molecular formula is C36H24N2. The van der Waals surface area contributed by atoms with Gasteiger partial charge in [-0.25, -0.2) is 0 Å². The van der Waals surface area contributed by atoms with Gasteiger partial charge in [0.15, 0.2) is 0 Å². The molecule has 0 aliphatic carbocycles. The fourth-order valence-corrected chi connectivity index (χ4v) is 6.13. The second-order valence-electron chi connectivity index (χ2n) is 9.84. The molecule has 2 heteroatoms. The Bertz CT molecular complexity index is 2080. The number of hydrogen-bond donors (Lipinski definition) is 1. The lowest BCUT2D eigenvalue weighted by Gasteiger charge is -2.27. The van der Waals surface area contributed by atoms with Crippen LogP contribution in [-0.2, 0) is 0 Å². The number of benzene rings is 7. The van der Waals surface area contributed by atoms with Gasteiger partial charge in [0.1, 0.15) is 0 Å². The lowest BCUT2D eigenvalue weighted by molar-refractivity contribution is 1.30. The minimum Gasteiger partial charge on any atom is -0.353 e. The second-order valence-corrected chi connectivity index (χ2v) is 9.84. The van der Waals surface area contributed by atoms with Gasteiger partial charge in [0.25, 0.3) is 0 Å². The minimum atomic E-state index is 1.14. The van der Waals surface area contributed by atoms with Gasteiger partial charge in [-0.1, -0.05) is 109 Å². The summed E-state index contributed by atoms with van der Waals surface area (Å²) in [6, 6.07) is 50.0. The molecule has 0 saturated heterocycles. The molecule has 0 radical (unpaired) electrons. The van der Waals surface area contributed by atoms with Crippen LogP contribution < -0.4 is 4.90 Å². The first-order valence-electron chi connectivity index (χ1n) is 13.1. The number of H-pyrrole nitrogens is 1. The first kappa shape index (κ1) is 21.0. The lowest BCUT2D eigenvalue weighted by atomic mass is 9.95. The van der Waals surface area contributed by atoms with Gasteiger partial charge in [-0.15, -0.1) is 0 Å². The van der Waals surface area contributed by atoms with Crippen molar-refractivity contribution in [1.29, 1.82) is 0 Å². The van der Waals surface area contributed by atoms with Gasteiger partial charge >= 0.3 is 0 Å². The third kappa shape index (κ3) is 3.01. The van der Waals surface area contributed by atoms with Crippen LogP contribution in [0.1, 0.15) is 0 Å². The van der Waals surface area contributed by atoms with E-state index in [2.05, 4.69) is 149 Å². The van der Waals surface area contributed by atoms with Crippen LogP contribution in [0.15, 0.2) is 140 Å². The number of hydrogen-bond acceptors (Lipinski definition) is 1. The van der Waals surface area contributed by atoms with E-state index in [1.54, 1.807) is 0 Å². The fourth-order valence-electron chi connectivity index (χ4n) is 6.13. The molecule has 8 aromatic rings. The number of fused-ring (bicyclic) bond motifs is 10.